The Morgan fingerprint density at radius 1 is 0.808 bits per heavy atom. The van der Waals surface area contributed by atoms with Crippen LogP contribution in [0.5, 0.6) is 0 Å². The molecule has 3 nitrogen and oxygen atoms in total. The van der Waals surface area contributed by atoms with E-state index in [-0.39, 0.29) is 0 Å². The Labute approximate surface area is 160 Å². The summed E-state index contributed by atoms with van der Waals surface area (Å²) in [5.41, 5.74) is 5.87. The second kappa shape index (κ2) is 8.75. The number of rotatable bonds is 7. The first-order chi connectivity index (χ1) is 12.6. The van der Waals surface area contributed by atoms with Gasteiger partial charge >= 0.3 is 161 Å². The molecule has 0 bridgehead atoms. The zero-order chi connectivity index (χ0) is 18.4. The van der Waals surface area contributed by atoms with E-state index in [0.29, 0.717) is 5.75 Å². The Bertz CT molecular complexity index is 747. The van der Waals surface area contributed by atoms with Crippen molar-refractivity contribution in [3.05, 3.63) is 91.0 Å². The van der Waals surface area contributed by atoms with E-state index >= 15 is 0 Å². The predicted octanol–water partition coefficient (Wildman–Crippen LogP) is 1.80. The molecule has 0 aromatic heterocycles. The van der Waals surface area contributed by atoms with Crippen molar-refractivity contribution in [2.24, 2.45) is 5.73 Å². The normalized spacial score (nSPS) is 12.5. The zero-order valence-corrected chi connectivity index (χ0v) is 18.0. The number of hydrogen-bond acceptors (Lipinski definition) is 3. The van der Waals surface area contributed by atoms with Gasteiger partial charge in [0.2, 0.25) is 0 Å². The first-order valence-corrected chi connectivity index (χ1v) is 17.2. The number of nitrogens with two attached hydrogens (primary N) is 1. The number of carboxylic acids is 1. The summed E-state index contributed by atoms with van der Waals surface area (Å²) in [4.78, 5) is 11.3. The van der Waals surface area contributed by atoms with Crippen LogP contribution < -0.4 is 16.5 Å². The van der Waals surface area contributed by atoms with Crippen molar-refractivity contribution in [3.8, 4) is 0 Å². The summed E-state index contributed by atoms with van der Waals surface area (Å²) in [5, 5.41) is 9.28. The first-order valence-electron chi connectivity index (χ1n) is 8.43. The van der Waals surface area contributed by atoms with Gasteiger partial charge in [0.05, 0.1) is 0 Å². The minimum atomic E-state index is -3.45. The first kappa shape index (κ1) is 19.0. The van der Waals surface area contributed by atoms with E-state index < -0.39 is 29.0 Å². The fourth-order valence-electron chi connectivity index (χ4n) is 3.05. The molecule has 0 saturated heterocycles. The molecule has 5 heteroatoms. The van der Waals surface area contributed by atoms with Crippen molar-refractivity contribution < 1.29 is 9.90 Å². The quantitative estimate of drug-likeness (QED) is 0.518. The van der Waals surface area contributed by atoms with Crippen LogP contribution in [0.15, 0.2) is 91.0 Å². The summed E-state index contributed by atoms with van der Waals surface area (Å²) in [7, 11) is 1.77. The van der Waals surface area contributed by atoms with Gasteiger partial charge in [0.25, 0.3) is 0 Å². The molecule has 0 heterocycles. The third-order valence-electron chi connectivity index (χ3n) is 4.34. The molecule has 3 N–H and O–H groups in total. The molecule has 1 atom stereocenters. The van der Waals surface area contributed by atoms with Crippen LogP contribution in [-0.2, 0) is 4.79 Å². The summed E-state index contributed by atoms with van der Waals surface area (Å²) in [6.45, 7) is 0. The fraction of sp³-hybridized carbons (Fsp3) is 0.0952. The van der Waals surface area contributed by atoms with Gasteiger partial charge in [0, 0.05) is 0 Å². The minimum absolute atomic E-state index is 0.393. The molecule has 0 fully saturated rings. The molecule has 0 radical (unpaired) electrons. The molecule has 3 aromatic rings. The van der Waals surface area contributed by atoms with Crippen LogP contribution in [0.1, 0.15) is 0 Å². The van der Waals surface area contributed by atoms with Crippen molar-refractivity contribution in [1.82, 2.24) is 0 Å². The molecule has 132 valence electrons. The van der Waals surface area contributed by atoms with Gasteiger partial charge in [0.1, 0.15) is 0 Å². The van der Waals surface area contributed by atoms with Crippen LogP contribution >= 0.6 is 8.95 Å². The van der Waals surface area contributed by atoms with Gasteiger partial charge in [-0.15, -0.1) is 0 Å². The predicted molar refractivity (Wildman–Crippen MR) is 112 cm³/mol. The van der Waals surface area contributed by atoms with E-state index in [0.717, 1.165) is 0 Å². The van der Waals surface area contributed by atoms with Crippen molar-refractivity contribution in [1.29, 1.82) is 0 Å². The summed E-state index contributed by atoms with van der Waals surface area (Å²) in [6.07, 6.45) is 0. The van der Waals surface area contributed by atoms with Gasteiger partial charge in [-0.05, 0) is 0 Å². The van der Waals surface area contributed by atoms with E-state index in [1.54, 1.807) is 8.95 Å². The van der Waals surface area contributed by atoms with Crippen molar-refractivity contribution in [3.63, 3.8) is 0 Å². The molecule has 0 aliphatic heterocycles. The van der Waals surface area contributed by atoms with Crippen LogP contribution in [-0.4, -0.2) is 39.9 Å². The average Bonchev–Trinajstić information content (AvgIpc) is 2.70. The van der Waals surface area contributed by atoms with Crippen molar-refractivity contribution in [2.45, 2.75) is 6.04 Å². The Balaban J connectivity index is 2.19. The van der Waals surface area contributed by atoms with E-state index in [1.165, 1.54) is 10.7 Å². The molecule has 0 amide bonds. The molecule has 0 aliphatic carbocycles. The third kappa shape index (κ3) is 3.97. The van der Waals surface area contributed by atoms with Crippen molar-refractivity contribution in [2.75, 3.05) is 5.75 Å². The summed E-state index contributed by atoms with van der Waals surface area (Å²) in [6, 6.07) is 30.6. The van der Waals surface area contributed by atoms with Gasteiger partial charge in [-0.1, -0.05) is 0 Å². The molecular formula is C21H21NO2SSn. The van der Waals surface area contributed by atoms with E-state index in [1.807, 2.05) is 18.2 Å². The fourth-order valence-corrected chi connectivity index (χ4v) is 23.3. The monoisotopic (exact) mass is 471 g/mol. The molecule has 3 rings (SSSR count). The van der Waals surface area contributed by atoms with E-state index in [4.69, 9.17) is 5.73 Å². The Morgan fingerprint density at radius 2 is 1.15 bits per heavy atom. The van der Waals surface area contributed by atoms with E-state index in [2.05, 4.69) is 72.8 Å². The number of hydrogen-bond donors (Lipinski definition) is 2. The summed E-state index contributed by atoms with van der Waals surface area (Å²) < 4.78 is 3.92. The maximum atomic E-state index is 11.3. The topological polar surface area (TPSA) is 63.3 Å². The number of benzene rings is 3. The van der Waals surface area contributed by atoms with Crippen molar-refractivity contribution >= 4 is 42.6 Å². The Kier molecular flexibility index (Phi) is 6.40. The van der Waals surface area contributed by atoms with Gasteiger partial charge in [-0.3, -0.25) is 0 Å². The molecule has 3 aromatic carbocycles. The second-order valence-corrected chi connectivity index (χ2v) is 22.1. The van der Waals surface area contributed by atoms with Crippen LogP contribution in [0.25, 0.3) is 0 Å². The molecule has 0 unspecified atom stereocenters. The molecule has 0 saturated carbocycles. The Morgan fingerprint density at radius 3 is 1.46 bits per heavy atom. The molecule has 26 heavy (non-hydrogen) atoms. The van der Waals surface area contributed by atoms with E-state index in [9.17, 15) is 9.90 Å². The van der Waals surface area contributed by atoms with Crippen LogP contribution in [0.3, 0.4) is 0 Å². The average molecular weight is 470 g/mol. The van der Waals surface area contributed by atoms with Gasteiger partial charge in [-0.2, -0.15) is 0 Å². The summed E-state index contributed by atoms with van der Waals surface area (Å²) in [5.74, 6) is -0.559. The maximum absolute atomic E-state index is 11.3. The van der Waals surface area contributed by atoms with Crippen LogP contribution in [0.2, 0.25) is 0 Å². The van der Waals surface area contributed by atoms with Gasteiger partial charge in [0.15, 0.2) is 0 Å². The molecular weight excluding hydrogens is 449 g/mol. The summed E-state index contributed by atoms with van der Waals surface area (Å²) >= 11 is -3.45. The molecule has 0 aliphatic rings. The SMILES string of the molecule is N[C@@H](C[S][Sn]([c]1ccccc1)([c]1ccccc1)[c]1ccccc1)C(=O)O. The van der Waals surface area contributed by atoms with Crippen LogP contribution in [0.4, 0.5) is 0 Å². The Hall–Kier alpha value is -1.76. The van der Waals surface area contributed by atoms with Gasteiger partial charge in [-0.25, -0.2) is 0 Å². The third-order valence-corrected chi connectivity index (χ3v) is 25.0. The molecule has 0 spiro atoms. The zero-order valence-electron chi connectivity index (χ0n) is 14.3. The van der Waals surface area contributed by atoms with Crippen LogP contribution in [0, 0.1) is 0 Å². The second-order valence-electron chi connectivity index (χ2n) is 6.03. The standard InChI is InChI=1S/3C6H5.C3H7NO2S.Sn/c3*1-2-4-6-5-3-1;4-2(1-7)3(5)6;/h3*1-5H;2,7H,1,4H2,(H,5,6);/q;;;;+1/p-1/t;;;2-;/m...0./s1. The number of carbonyl (C=O) groups is 1. The number of carboxylic acid groups (broad SMARTS) is 1. The number of aliphatic carboxylic acids is 1. The van der Waals surface area contributed by atoms with Gasteiger partial charge < -0.3 is 0 Å².